The van der Waals surface area contributed by atoms with Crippen LogP contribution in [-0.4, -0.2) is 5.78 Å². The maximum atomic E-state index is 12.1. The van der Waals surface area contributed by atoms with Crippen molar-refractivity contribution >= 4 is 5.78 Å². The van der Waals surface area contributed by atoms with Crippen molar-refractivity contribution in [3.8, 4) is 0 Å². The van der Waals surface area contributed by atoms with Gasteiger partial charge in [0.05, 0.1) is 0 Å². The fourth-order valence-corrected chi connectivity index (χ4v) is 2.70. The Morgan fingerprint density at radius 2 is 1.76 bits per heavy atom. The highest BCUT2D eigenvalue weighted by Crippen LogP contribution is 2.27. The second kappa shape index (κ2) is 6.00. The Balaban J connectivity index is 1.93. The first-order valence-electron chi connectivity index (χ1n) is 6.91. The third-order valence-corrected chi connectivity index (χ3v) is 3.88. The van der Waals surface area contributed by atoms with Crippen molar-refractivity contribution in [1.82, 2.24) is 0 Å². The van der Waals surface area contributed by atoms with Crippen molar-refractivity contribution in [2.75, 3.05) is 0 Å². The van der Waals surface area contributed by atoms with Gasteiger partial charge < -0.3 is 0 Å². The Morgan fingerprint density at radius 1 is 1.12 bits per heavy atom. The van der Waals surface area contributed by atoms with E-state index in [4.69, 9.17) is 0 Å². The van der Waals surface area contributed by atoms with Crippen molar-refractivity contribution < 1.29 is 4.79 Å². The van der Waals surface area contributed by atoms with E-state index < -0.39 is 0 Å². The smallest absolute Gasteiger partial charge is 0.163 e. The molecule has 0 radical (unpaired) electrons. The lowest BCUT2D eigenvalue weighted by Crippen LogP contribution is -2.12. The lowest BCUT2D eigenvalue weighted by Gasteiger charge is -2.20. The fourth-order valence-electron chi connectivity index (χ4n) is 2.70. The summed E-state index contributed by atoms with van der Waals surface area (Å²) in [6.45, 7) is 2.14. The summed E-state index contributed by atoms with van der Waals surface area (Å²) in [6.07, 6.45) is 8.27. The SMILES string of the molecule is CCc1ccc(C(=O)CC2CCCCC2)cc1. The molecule has 1 heteroatoms. The predicted molar refractivity (Wildman–Crippen MR) is 71.3 cm³/mol. The molecule has 0 saturated heterocycles. The molecule has 0 N–H and O–H groups in total. The van der Waals surface area contributed by atoms with Gasteiger partial charge in [0.2, 0.25) is 0 Å². The molecule has 1 saturated carbocycles. The normalized spacial score (nSPS) is 17.0. The van der Waals surface area contributed by atoms with Gasteiger partial charge >= 0.3 is 0 Å². The van der Waals surface area contributed by atoms with Crippen molar-refractivity contribution in [3.63, 3.8) is 0 Å². The topological polar surface area (TPSA) is 17.1 Å². The lowest BCUT2D eigenvalue weighted by atomic mass is 9.85. The highest BCUT2D eigenvalue weighted by Gasteiger charge is 2.17. The van der Waals surface area contributed by atoms with Gasteiger partial charge in [0.25, 0.3) is 0 Å². The van der Waals surface area contributed by atoms with Crippen LogP contribution in [0.2, 0.25) is 0 Å². The number of carbonyl (C=O) groups is 1. The molecule has 17 heavy (non-hydrogen) atoms. The molecule has 0 amide bonds. The molecular weight excluding hydrogens is 208 g/mol. The molecule has 0 unspecified atom stereocenters. The minimum absolute atomic E-state index is 0.333. The van der Waals surface area contributed by atoms with E-state index in [2.05, 4.69) is 19.1 Å². The van der Waals surface area contributed by atoms with Crippen LogP contribution in [-0.2, 0) is 6.42 Å². The van der Waals surface area contributed by atoms with Gasteiger partial charge in [-0.25, -0.2) is 0 Å². The summed E-state index contributed by atoms with van der Waals surface area (Å²) in [6, 6.07) is 8.14. The molecule has 2 rings (SSSR count). The molecule has 1 aromatic carbocycles. The van der Waals surface area contributed by atoms with Crippen LogP contribution in [0.1, 0.15) is 61.4 Å². The zero-order valence-corrected chi connectivity index (χ0v) is 10.7. The first kappa shape index (κ1) is 12.3. The maximum Gasteiger partial charge on any atom is 0.163 e. The first-order chi connectivity index (χ1) is 8.29. The molecule has 0 spiro atoms. The summed E-state index contributed by atoms with van der Waals surface area (Å²) in [5.41, 5.74) is 2.20. The predicted octanol–water partition coefficient (Wildman–Crippen LogP) is 4.40. The van der Waals surface area contributed by atoms with Gasteiger partial charge in [-0.15, -0.1) is 0 Å². The van der Waals surface area contributed by atoms with Crippen molar-refractivity contribution in [3.05, 3.63) is 35.4 Å². The molecule has 1 aromatic rings. The van der Waals surface area contributed by atoms with E-state index in [0.29, 0.717) is 11.7 Å². The van der Waals surface area contributed by atoms with Crippen molar-refractivity contribution in [2.24, 2.45) is 5.92 Å². The van der Waals surface area contributed by atoms with Crippen molar-refractivity contribution in [1.29, 1.82) is 0 Å². The standard InChI is InChI=1S/C16H22O/c1-2-13-8-10-15(11-9-13)16(17)12-14-6-4-3-5-7-14/h8-11,14H,2-7,12H2,1H3. The monoisotopic (exact) mass is 230 g/mol. The second-order valence-electron chi connectivity index (χ2n) is 5.18. The summed E-state index contributed by atoms with van der Waals surface area (Å²) in [5, 5.41) is 0. The summed E-state index contributed by atoms with van der Waals surface area (Å²) in [4.78, 5) is 12.1. The molecule has 0 heterocycles. The van der Waals surface area contributed by atoms with E-state index in [9.17, 15) is 4.79 Å². The van der Waals surface area contributed by atoms with Gasteiger partial charge in [0.15, 0.2) is 5.78 Å². The number of ketones is 1. The van der Waals surface area contributed by atoms with E-state index in [1.54, 1.807) is 0 Å². The van der Waals surface area contributed by atoms with Crippen LogP contribution in [0.4, 0.5) is 0 Å². The number of aryl methyl sites for hydroxylation is 1. The Hall–Kier alpha value is -1.11. The quantitative estimate of drug-likeness (QED) is 0.700. The number of Topliss-reactive ketones (excluding diaryl/α,β-unsaturated/α-hetero) is 1. The van der Waals surface area contributed by atoms with E-state index >= 15 is 0 Å². The largest absolute Gasteiger partial charge is 0.294 e. The summed E-state index contributed by atoms with van der Waals surface area (Å²) in [7, 11) is 0. The third kappa shape index (κ3) is 3.42. The highest BCUT2D eigenvalue weighted by atomic mass is 16.1. The van der Waals surface area contributed by atoms with E-state index in [-0.39, 0.29) is 0 Å². The zero-order chi connectivity index (χ0) is 12.1. The number of carbonyl (C=O) groups excluding carboxylic acids is 1. The number of hydrogen-bond donors (Lipinski definition) is 0. The molecule has 0 bridgehead atoms. The first-order valence-corrected chi connectivity index (χ1v) is 6.91. The van der Waals surface area contributed by atoms with Gasteiger partial charge in [-0.1, -0.05) is 63.3 Å². The van der Waals surface area contributed by atoms with Gasteiger partial charge in [0.1, 0.15) is 0 Å². The lowest BCUT2D eigenvalue weighted by molar-refractivity contribution is 0.0950. The number of benzene rings is 1. The molecular formula is C16H22O. The summed E-state index contributed by atoms with van der Waals surface area (Å²) in [5.74, 6) is 0.974. The Labute approximate surface area is 104 Å². The zero-order valence-electron chi connectivity index (χ0n) is 10.7. The number of rotatable bonds is 4. The molecule has 1 aliphatic carbocycles. The maximum absolute atomic E-state index is 12.1. The Bertz CT molecular complexity index is 358. The highest BCUT2D eigenvalue weighted by molar-refractivity contribution is 5.96. The molecule has 0 atom stereocenters. The summed E-state index contributed by atoms with van der Waals surface area (Å²) >= 11 is 0. The van der Waals surface area contributed by atoms with Crippen LogP contribution in [0, 0.1) is 5.92 Å². The van der Waals surface area contributed by atoms with Crippen LogP contribution in [0.15, 0.2) is 24.3 Å². The van der Waals surface area contributed by atoms with Crippen molar-refractivity contribution in [2.45, 2.75) is 51.9 Å². The van der Waals surface area contributed by atoms with Crippen LogP contribution >= 0.6 is 0 Å². The molecule has 1 fully saturated rings. The molecule has 0 aliphatic heterocycles. The number of hydrogen-bond acceptors (Lipinski definition) is 1. The molecule has 0 aromatic heterocycles. The van der Waals surface area contributed by atoms with Crippen LogP contribution < -0.4 is 0 Å². The van der Waals surface area contributed by atoms with Crippen LogP contribution in [0.5, 0.6) is 0 Å². The van der Waals surface area contributed by atoms with E-state index in [1.165, 1.54) is 37.7 Å². The molecule has 92 valence electrons. The molecule has 1 aliphatic rings. The fraction of sp³-hybridized carbons (Fsp3) is 0.562. The minimum atomic E-state index is 0.333. The minimum Gasteiger partial charge on any atom is -0.294 e. The van der Waals surface area contributed by atoms with Crippen LogP contribution in [0.3, 0.4) is 0 Å². The Morgan fingerprint density at radius 3 is 2.35 bits per heavy atom. The summed E-state index contributed by atoms with van der Waals surface area (Å²) < 4.78 is 0. The van der Waals surface area contributed by atoms with E-state index in [0.717, 1.165) is 18.4 Å². The second-order valence-corrected chi connectivity index (χ2v) is 5.18. The average molecular weight is 230 g/mol. The van der Waals surface area contributed by atoms with Gasteiger partial charge in [-0.2, -0.15) is 0 Å². The average Bonchev–Trinajstić information content (AvgIpc) is 2.40. The van der Waals surface area contributed by atoms with Gasteiger partial charge in [-0.3, -0.25) is 4.79 Å². The molecule has 1 nitrogen and oxygen atoms in total. The van der Waals surface area contributed by atoms with Crippen LogP contribution in [0.25, 0.3) is 0 Å². The van der Waals surface area contributed by atoms with E-state index in [1.807, 2.05) is 12.1 Å². The van der Waals surface area contributed by atoms with Gasteiger partial charge in [-0.05, 0) is 17.9 Å². The third-order valence-electron chi connectivity index (χ3n) is 3.88. The Kier molecular flexibility index (Phi) is 4.36. The van der Waals surface area contributed by atoms with Gasteiger partial charge in [0, 0.05) is 12.0 Å².